The highest BCUT2D eigenvalue weighted by Gasteiger charge is 2.20. The average Bonchev–Trinajstić information content (AvgIpc) is 2.91. The van der Waals surface area contributed by atoms with Gasteiger partial charge in [-0.05, 0) is 44.0 Å². The van der Waals surface area contributed by atoms with Crippen molar-refractivity contribution in [3.8, 4) is 5.75 Å². The fraction of sp³-hybridized carbons (Fsp3) is 0.538. The first-order valence-electron chi connectivity index (χ1n) is 6.46. The van der Waals surface area contributed by atoms with Gasteiger partial charge in [-0.3, -0.25) is 0 Å². The quantitative estimate of drug-likeness (QED) is 0.861. The minimum atomic E-state index is -3.47. The molecule has 0 saturated carbocycles. The van der Waals surface area contributed by atoms with Gasteiger partial charge in [0.2, 0.25) is 10.0 Å². The molecule has 1 aromatic rings. The Kier molecular flexibility index (Phi) is 4.79. The largest absolute Gasteiger partial charge is 0.494 e. The summed E-state index contributed by atoms with van der Waals surface area (Å²) >= 11 is 0. The molecule has 2 rings (SSSR count). The van der Waals surface area contributed by atoms with Crippen molar-refractivity contribution in [3.63, 3.8) is 0 Å². The smallest absolute Gasteiger partial charge is 0.240 e. The van der Waals surface area contributed by atoms with Crippen LogP contribution >= 0.6 is 0 Å². The second-order valence-corrected chi connectivity index (χ2v) is 6.16. The first-order valence-corrected chi connectivity index (χ1v) is 7.94. The summed E-state index contributed by atoms with van der Waals surface area (Å²) in [4.78, 5) is 0.244. The van der Waals surface area contributed by atoms with Gasteiger partial charge in [0.25, 0.3) is 0 Å². The minimum absolute atomic E-state index is 0.00234. The number of hydrogen-bond donors (Lipinski definition) is 1. The van der Waals surface area contributed by atoms with Crippen molar-refractivity contribution in [3.05, 3.63) is 24.3 Å². The summed E-state index contributed by atoms with van der Waals surface area (Å²) in [5, 5.41) is 0. The number of nitrogens with one attached hydrogen (secondary N) is 1. The average molecular weight is 285 g/mol. The van der Waals surface area contributed by atoms with Crippen molar-refractivity contribution in [2.45, 2.75) is 30.8 Å². The van der Waals surface area contributed by atoms with Crippen LogP contribution in [0.3, 0.4) is 0 Å². The van der Waals surface area contributed by atoms with Crippen LogP contribution in [0.25, 0.3) is 0 Å². The van der Waals surface area contributed by atoms with Gasteiger partial charge in [-0.2, -0.15) is 0 Å². The van der Waals surface area contributed by atoms with Crippen molar-refractivity contribution in [1.82, 2.24) is 4.72 Å². The van der Waals surface area contributed by atoms with Crippen molar-refractivity contribution in [2.75, 3.05) is 19.8 Å². The van der Waals surface area contributed by atoms with Crippen molar-refractivity contribution >= 4 is 10.0 Å². The molecule has 106 valence electrons. The van der Waals surface area contributed by atoms with Gasteiger partial charge in [0.15, 0.2) is 0 Å². The molecule has 0 amide bonds. The molecule has 5 nitrogen and oxygen atoms in total. The Morgan fingerprint density at radius 2 is 2.11 bits per heavy atom. The maximum Gasteiger partial charge on any atom is 0.240 e. The first kappa shape index (κ1) is 14.3. The van der Waals surface area contributed by atoms with Crippen LogP contribution in [0, 0.1) is 0 Å². The van der Waals surface area contributed by atoms with Gasteiger partial charge in [0.05, 0.1) is 17.6 Å². The zero-order valence-electron chi connectivity index (χ0n) is 11.0. The molecule has 1 aromatic carbocycles. The second-order valence-electron chi connectivity index (χ2n) is 4.39. The van der Waals surface area contributed by atoms with Crippen LogP contribution in [0.1, 0.15) is 19.8 Å². The van der Waals surface area contributed by atoms with E-state index in [0.29, 0.717) is 18.9 Å². The Hall–Kier alpha value is -1.11. The van der Waals surface area contributed by atoms with Crippen LogP contribution in [0.4, 0.5) is 0 Å². The molecule has 0 unspecified atom stereocenters. The number of hydrogen-bond acceptors (Lipinski definition) is 4. The van der Waals surface area contributed by atoms with E-state index in [9.17, 15) is 8.42 Å². The van der Waals surface area contributed by atoms with E-state index in [1.807, 2.05) is 6.92 Å². The Morgan fingerprint density at radius 3 is 2.68 bits per heavy atom. The standard InChI is InChI=1S/C13H19NO4S/c1-2-17-11-5-7-13(8-6-11)19(15,16)14-10-12-4-3-9-18-12/h5-8,12,14H,2-4,9-10H2,1H3/t12-/m1/s1. The van der Waals surface area contributed by atoms with Gasteiger partial charge < -0.3 is 9.47 Å². The van der Waals surface area contributed by atoms with Gasteiger partial charge in [0.1, 0.15) is 5.75 Å². The van der Waals surface area contributed by atoms with E-state index in [1.165, 1.54) is 0 Å². The molecule has 1 N–H and O–H groups in total. The third-order valence-electron chi connectivity index (χ3n) is 2.97. The molecule has 1 saturated heterocycles. The predicted octanol–water partition coefficient (Wildman–Crippen LogP) is 1.54. The lowest BCUT2D eigenvalue weighted by atomic mass is 10.2. The van der Waals surface area contributed by atoms with Gasteiger partial charge >= 0.3 is 0 Å². The minimum Gasteiger partial charge on any atom is -0.494 e. The summed E-state index contributed by atoms with van der Waals surface area (Å²) < 4.78 is 37.3. The number of ether oxygens (including phenoxy) is 2. The molecule has 0 radical (unpaired) electrons. The molecule has 1 atom stereocenters. The molecule has 0 spiro atoms. The number of benzene rings is 1. The molecule has 0 aromatic heterocycles. The molecule has 1 aliphatic heterocycles. The molecule has 6 heteroatoms. The van der Waals surface area contributed by atoms with Crippen LogP contribution in [-0.2, 0) is 14.8 Å². The molecular weight excluding hydrogens is 266 g/mol. The summed E-state index contributed by atoms with van der Waals surface area (Å²) in [6.45, 7) is 3.49. The first-order chi connectivity index (χ1) is 9.12. The molecule has 0 aliphatic carbocycles. The topological polar surface area (TPSA) is 64.6 Å². The Morgan fingerprint density at radius 1 is 1.37 bits per heavy atom. The second kappa shape index (κ2) is 6.36. The highest BCUT2D eigenvalue weighted by atomic mass is 32.2. The monoisotopic (exact) mass is 285 g/mol. The fourth-order valence-corrected chi connectivity index (χ4v) is 3.04. The fourth-order valence-electron chi connectivity index (χ4n) is 1.97. The summed E-state index contributed by atoms with van der Waals surface area (Å²) in [5.74, 6) is 0.667. The van der Waals surface area contributed by atoms with Crippen LogP contribution in [0.2, 0.25) is 0 Å². The van der Waals surface area contributed by atoms with E-state index in [4.69, 9.17) is 9.47 Å². The summed E-state index contributed by atoms with van der Waals surface area (Å²) in [6, 6.07) is 6.40. The van der Waals surface area contributed by atoms with E-state index >= 15 is 0 Å². The Labute approximate surface area is 114 Å². The molecule has 19 heavy (non-hydrogen) atoms. The Bertz CT molecular complexity index is 492. The van der Waals surface area contributed by atoms with E-state index in [0.717, 1.165) is 19.4 Å². The van der Waals surface area contributed by atoms with Gasteiger partial charge in [-0.1, -0.05) is 0 Å². The normalized spacial score (nSPS) is 19.5. The zero-order chi connectivity index (χ0) is 13.7. The number of rotatable bonds is 6. The van der Waals surface area contributed by atoms with Gasteiger partial charge in [0, 0.05) is 13.2 Å². The van der Waals surface area contributed by atoms with Gasteiger partial charge in [-0.25, -0.2) is 13.1 Å². The molecular formula is C13H19NO4S. The van der Waals surface area contributed by atoms with Crippen LogP contribution in [-0.4, -0.2) is 34.3 Å². The lowest BCUT2D eigenvalue weighted by Gasteiger charge is -2.11. The maximum atomic E-state index is 12.1. The van der Waals surface area contributed by atoms with Crippen LogP contribution in [0.5, 0.6) is 5.75 Å². The highest BCUT2D eigenvalue weighted by molar-refractivity contribution is 7.89. The summed E-state index contributed by atoms with van der Waals surface area (Å²) in [7, 11) is -3.47. The molecule has 1 aliphatic rings. The van der Waals surface area contributed by atoms with Gasteiger partial charge in [-0.15, -0.1) is 0 Å². The van der Waals surface area contributed by atoms with E-state index in [2.05, 4.69) is 4.72 Å². The van der Waals surface area contributed by atoms with E-state index in [-0.39, 0.29) is 11.0 Å². The third kappa shape index (κ3) is 3.92. The molecule has 1 heterocycles. The SMILES string of the molecule is CCOc1ccc(S(=O)(=O)NC[C@H]2CCCO2)cc1. The third-order valence-corrected chi connectivity index (χ3v) is 4.41. The lowest BCUT2D eigenvalue weighted by Crippen LogP contribution is -2.31. The Balaban J connectivity index is 1.97. The molecule has 0 bridgehead atoms. The zero-order valence-corrected chi connectivity index (χ0v) is 11.8. The lowest BCUT2D eigenvalue weighted by molar-refractivity contribution is 0.114. The summed E-state index contributed by atoms with van der Waals surface area (Å²) in [6.07, 6.45) is 1.90. The number of sulfonamides is 1. The molecule has 1 fully saturated rings. The van der Waals surface area contributed by atoms with Crippen molar-refractivity contribution in [1.29, 1.82) is 0 Å². The van der Waals surface area contributed by atoms with Crippen LogP contribution < -0.4 is 9.46 Å². The van der Waals surface area contributed by atoms with E-state index in [1.54, 1.807) is 24.3 Å². The van der Waals surface area contributed by atoms with E-state index < -0.39 is 10.0 Å². The predicted molar refractivity (Wildman–Crippen MR) is 71.8 cm³/mol. The van der Waals surface area contributed by atoms with Crippen LogP contribution in [0.15, 0.2) is 29.2 Å². The summed E-state index contributed by atoms with van der Waals surface area (Å²) in [5.41, 5.74) is 0. The van der Waals surface area contributed by atoms with Crippen molar-refractivity contribution < 1.29 is 17.9 Å². The maximum absolute atomic E-state index is 12.1. The highest BCUT2D eigenvalue weighted by Crippen LogP contribution is 2.17. The van der Waals surface area contributed by atoms with Crippen molar-refractivity contribution in [2.24, 2.45) is 0 Å².